The summed E-state index contributed by atoms with van der Waals surface area (Å²) in [4.78, 5) is 2.37. The molecular weight excluding hydrogens is 763 g/mol. The van der Waals surface area contributed by atoms with E-state index in [1.807, 2.05) is 0 Å². The molecule has 11 rings (SSSR count). The van der Waals surface area contributed by atoms with Crippen LogP contribution in [0.3, 0.4) is 0 Å². The van der Waals surface area contributed by atoms with Gasteiger partial charge in [0.25, 0.3) is 0 Å². The first-order chi connectivity index (χ1) is 30.8. The first-order valence-electron chi connectivity index (χ1n) is 21.4. The molecular formula is C60H43NSi. The largest absolute Gasteiger partial charge is 0.311 e. The predicted molar refractivity (Wildman–Crippen MR) is 268 cm³/mol. The molecule has 62 heavy (non-hydrogen) atoms. The number of rotatable bonds is 9. The van der Waals surface area contributed by atoms with Crippen molar-refractivity contribution in [3.8, 4) is 22.3 Å². The molecule has 292 valence electrons. The van der Waals surface area contributed by atoms with Crippen LogP contribution in [0.1, 0.15) is 0 Å². The molecule has 0 aromatic heterocycles. The van der Waals surface area contributed by atoms with E-state index in [1.54, 1.807) is 0 Å². The fourth-order valence-electron chi connectivity index (χ4n) is 9.69. The number of anilines is 3. The van der Waals surface area contributed by atoms with Crippen LogP contribution in [0.2, 0.25) is 0 Å². The monoisotopic (exact) mass is 805 g/mol. The van der Waals surface area contributed by atoms with Gasteiger partial charge in [0.2, 0.25) is 0 Å². The van der Waals surface area contributed by atoms with Crippen LogP contribution in [0.5, 0.6) is 0 Å². The Morgan fingerprint density at radius 3 is 1.02 bits per heavy atom. The van der Waals surface area contributed by atoms with Crippen molar-refractivity contribution in [1.82, 2.24) is 0 Å². The summed E-state index contributed by atoms with van der Waals surface area (Å²) in [6, 6.07) is 96.4. The highest BCUT2D eigenvalue weighted by molar-refractivity contribution is 7.20. The lowest BCUT2D eigenvalue weighted by Crippen LogP contribution is -2.74. The first-order valence-corrected chi connectivity index (χ1v) is 23.4. The topological polar surface area (TPSA) is 3.24 Å². The van der Waals surface area contributed by atoms with Crippen LogP contribution >= 0.6 is 0 Å². The summed E-state index contributed by atoms with van der Waals surface area (Å²) in [7, 11) is -2.98. The highest BCUT2D eigenvalue weighted by atomic mass is 28.3. The van der Waals surface area contributed by atoms with E-state index < -0.39 is 8.07 Å². The van der Waals surface area contributed by atoms with E-state index in [0.29, 0.717) is 0 Å². The van der Waals surface area contributed by atoms with Crippen molar-refractivity contribution in [2.45, 2.75) is 0 Å². The van der Waals surface area contributed by atoms with Crippen LogP contribution in [-0.4, -0.2) is 8.07 Å². The smallest absolute Gasteiger partial charge is 0.179 e. The third-order valence-corrected chi connectivity index (χ3v) is 17.4. The van der Waals surface area contributed by atoms with E-state index in [2.05, 4.69) is 266 Å². The number of hydrogen-bond donors (Lipinski definition) is 0. The standard InChI is InChI=1S/C60H43NSi/c1-5-17-44(18-6-1)46-29-33-49(34-30-46)61(48-21-9-3-10-22-48)50-35-39-53(40-36-50)62(51-23-11-4-12-24-51,52-37-31-47(32-38-52)45-19-7-2-8-20-45)54-41-42-59-57-27-14-13-25-55(57)56-26-15-16-28-58(56)60(59)43-54/h1-43H. The van der Waals surface area contributed by atoms with Crippen molar-refractivity contribution < 1.29 is 0 Å². The molecule has 11 aromatic carbocycles. The molecule has 0 amide bonds. The zero-order valence-corrected chi connectivity index (χ0v) is 35.3. The minimum absolute atomic E-state index is 1.11. The average molecular weight is 806 g/mol. The van der Waals surface area contributed by atoms with E-state index in [0.717, 1.165) is 17.1 Å². The fraction of sp³-hybridized carbons (Fsp3) is 0. The first kappa shape index (κ1) is 37.2. The van der Waals surface area contributed by atoms with E-state index in [1.165, 1.54) is 75.3 Å². The molecule has 1 nitrogen and oxygen atoms in total. The van der Waals surface area contributed by atoms with Gasteiger partial charge in [0, 0.05) is 17.1 Å². The van der Waals surface area contributed by atoms with E-state index >= 15 is 0 Å². The van der Waals surface area contributed by atoms with Gasteiger partial charge in [-0.2, -0.15) is 0 Å². The lowest BCUT2D eigenvalue weighted by atomic mass is 9.94. The Hall–Kier alpha value is -7.78. The summed E-state index contributed by atoms with van der Waals surface area (Å²) in [6.45, 7) is 0. The fourth-order valence-corrected chi connectivity index (χ4v) is 14.4. The van der Waals surface area contributed by atoms with Crippen LogP contribution in [0.15, 0.2) is 261 Å². The van der Waals surface area contributed by atoms with E-state index in [-0.39, 0.29) is 0 Å². The third kappa shape index (κ3) is 6.50. The zero-order valence-electron chi connectivity index (χ0n) is 34.3. The molecule has 0 aliphatic rings. The SMILES string of the molecule is c1ccc(-c2ccc(N(c3ccccc3)c3ccc([Si](c4ccccc4)(c4ccc(-c5ccccc5)cc4)c4ccc5c6ccccc6c6ccccc6c5c4)cc3)cc2)cc1. The van der Waals surface area contributed by atoms with Gasteiger partial charge in [-0.3, -0.25) is 0 Å². The molecule has 11 aromatic rings. The Kier molecular flexibility index (Phi) is 9.61. The maximum atomic E-state index is 2.53. The molecule has 0 saturated heterocycles. The predicted octanol–water partition coefficient (Wildman–Crippen LogP) is 13.3. The van der Waals surface area contributed by atoms with Crippen molar-refractivity contribution in [3.63, 3.8) is 0 Å². The normalized spacial score (nSPS) is 12.3. The van der Waals surface area contributed by atoms with E-state index in [9.17, 15) is 0 Å². The lowest BCUT2D eigenvalue weighted by Gasteiger charge is -2.35. The van der Waals surface area contributed by atoms with Gasteiger partial charge >= 0.3 is 0 Å². The molecule has 0 aliphatic heterocycles. The lowest BCUT2D eigenvalue weighted by molar-refractivity contribution is 1.28. The molecule has 2 heteroatoms. The van der Waals surface area contributed by atoms with Gasteiger partial charge in [-0.15, -0.1) is 0 Å². The Labute approximate surface area is 364 Å². The number of hydrogen-bond acceptors (Lipinski definition) is 1. The van der Waals surface area contributed by atoms with Gasteiger partial charge in [0.15, 0.2) is 8.07 Å². The summed E-state index contributed by atoms with van der Waals surface area (Å²) in [5, 5.41) is 13.1. The van der Waals surface area contributed by atoms with Gasteiger partial charge in [-0.05, 0) is 112 Å². The maximum absolute atomic E-state index is 2.98. The van der Waals surface area contributed by atoms with Crippen LogP contribution in [0.25, 0.3) is 54.6 Å². The third-order valence-electron chi connectivity index (χ3n) is 12.6. The van der Waals surface area contributed by atoms with Crippen molar-refractivity contribution in [3.05, 3.63) is 261 Å². The van der Waals surface area contributed by atoms with Crippen molar-refractivity contribution in [2.75, 3.05) is 4.90 Å². The van der Waals surface area contributed by atoms with Gasteiger partial charge < -0.3 is 4.90 Å². The van der Waals surface area contributed by atoms with E-state index in [4.69, 9.17) is 0 Å². The van der Waals surface area contributed by atoms with Gasteiger partial charge in [0.1, 0.15) is 0 Å². The summed E-state index contributed by atoms with van der Waals surface area (Å²) < 4.78 is 0. The number of nitrogens with zero attached hydrogens (tertiary/aromatic N) is 1. The molecule has 0 heterocycles. The highest BCUT2D eigenvalue weighted by Crippen LogP contribution is 2.37. The molecule has 0 bridgehead atoms. The van der Waals surface area contributed by atoms with Gasteiger partial charge in [0.05, 0.1) is 0 Å². The highest BCUT2D eigenvalue weighted by Gasteiger charge is 2.42. The molecule has 0 N–H and O–H groups in total. The Bertz CT molecular complexity index is 3260. The van der Waals surface area contributed by atoms with Crippen molar-refractivity contribution in [2.24, 2.45) is 0 Å². The summed E-state index contributed by atoms with van der Waals surface area (Å²) >= 11 is 0. The quantitative estimate of drug-likeness (QED) is 0.0798. The van der Waals surface area contributed by atoms with Crippen LogP contribution in [0, 0.1) is 0 Å². The molecule has 1 unspecified atom stereocenters. The second-order valence-corrected chi connectivity index (χ2v) is 19.9. The van der Waals surface area contributed by atoms with Crippen molar-refractivity contribution >= 4 is 78.2 Å². The van der Waals surface area contributed by atoms with Crippen molar-refractivity contribution in [1.29, 1.82) is 0 Å². The second-order valence-electron chi connectivity index (χ2n) is 16.0. The molecule has 0 fully saturated rings. The Morgan fingerprint density at radius 1 is 0.210 bits per heavy atom. The van der Waals surface area contributed by atoms with Crippen LogP contribution in [-0.2, 0) is 0 Å². The Morgan fingerprint density at radius 2 is 0.516 bits per heavy atom. The molecule has 0 aliphatic carbocycles. The number of para-hydroxylation sites is 1. The molecule has 1 atom stereocenters. The summed E-state index contributed by atoms with van der Waals surface area (Å²) in [5.41, 5.74) is 8.18. The van der Waals surface area contributed by atoms with Crippen LogP contribution < -0.4 is 25.6 Å². The average Bonchev–Trinajstić information content (AvgIpc) is 3.36. The zero-order chi connectivity index (χ0) is 41.3. The molecule has 0 saturated carbocycles. The molecule has 0 spiro atoms. The van der Waals surface area contributed by atoms with Gasteiger partial charge in [-0.25, -0.2) is 0 Å². The molecule has 0 radical (unpaired) electrons. The number of fused-ring (bicyclic) bond motifs is 6. The second kappa shape index (κ2) is 16.0. The summed E-state index contributed by atoms with van der Waals surface area (Å²) in [5.74, 6) is 0. The summed E-state index contributed by atoms with van der Waals surface area (Å²) in [6.07, 6.45) is 0. The van der Waals surface area contributed by atoms with Gasteiger partial charge in [-0.1, -0.05) is 224 Å². The van der Waals surface area contributed by atoms with Crippen LogP contribution in [0.4, 0.5) is 17.1 Å². The Balaban J connectivity index is 1.14. The number of benzene rings is 11. The maximum Gasteiger partial charge on any atom is 0.179 e. The minimum atomic E-state index is -2.98. The minimum Gasteiger partial charge on any atom is -0.311 e.